The first-order chi connectivity index (χ1) is 9.25. The summed E-state index contributed by atoms with van der Waals surface area (Å²) in [4.78, 5) is 16.6. The molecule has 96 valence electrons. The van der Waals surface area contributed by atoms with Crippen molar-refractivity contribution in [3.8, 4) is 0 Å². The second-order valence-corrected chi connectivity index (χ2v) is 5.42. The largest absolute Gasteiger partial charge is 0.297 e. The van der Waals surface area contributed by atoms with Gasteiger partial charge in [-0.25, -0.2) is 0 Å². The summed E-state index contributed by atoms with van der Waals surface area (Å²) in [6.07, 6.45) is 4.31. The van der Waals surface area contributed by atoms with Crippen molar-refractivity contribution in [2.24, 2.45) is 0 Å². The van der Waals surface area contributed by atoms with E-state index in [0.29, 0.717) is 10.6 Å². The molecule has 1 aromatic carbocycles. The highest BCUT2D eigenvalue weighted by molar-refractivity contribution is 6.36. The zero-order chi connectivity index (χ0) is 13.0. The van der Waals surface area contributed by atoms with Gasteiger partial charge in [-0.15, -0.1) is 0 Å². The molecule has 2 heterocycles. The van der Waals surface area contributed by atoms with Crippen LogP contribution in [0.1, 0.15) is 34.5 Å². The van der Waals surface area contributed by atoms with Gasteiger partial charge in [0.1, 0.15) is 0 Å². The molecule has 4 nitrogen and oxygen atoms in total. The molecular weight excluding hydrogens is 262 g/mol. The van der Waals surface area contributed by atoms with Crippen LogP contribution in [0.5, 0.6) is 0 Å². The summed E-state index contributed by atoms with van der Waals surface area (Å²) in [6, 6.07) is 3.51. The monoisotopic (exact) mass is 273 g/mol. The highest BCUT2D eigenvalue weighted by Crippen LogP contribution is 2.38. The number of aryl methyl sites for hydroxylation is 1. The van der Waals surface area contributed by atoms with E-state index in [4.69, 9.17) is 16.6 Å². The van der Waals surface area contributed by atoms with Gasteiger partial charge in [0.25, 0.3) is 5.91 Å². The molecule has 0 saturated carbocycles. The SMILES string of the molecule is O=C1NNc2c3c(nc4c(Cl)ccc1c24)CCCC3. The summed E-state index contributed by atoms with van der Waals surface area (Å²) in [5, 5.41) is 1.46. The number of nitrogens with one attached hydrogen (secondary N) is 2. The molecule has 4 rings (SSSR count). The Morgan fingerprint density at radius 1 is 1.16 bits per heavy atom. The first-order valence-corrected chi connectivity index (χ1v) is 6.84. The molecule has 2 aromatic rings. The number of rotatable bonds is 0. The molecule has 5 heteroatoms. The fourth-order valence-corrected chi connectivity index (χ4v) is 3.21. The van der Waals surface area contributed by atoms with E-state index in [-0.39, 0.29) is 5.91 Å². The van der Waals surface area contributed by atoms with E-state index in [1.54, 1.807) is 12.1 Å². The molecule has 0 radical (unpaired) electrons. The Labute approximate surface area is 115 Å². The molecule has 1 aliphatic carbocycles. The lowest BCUT2D eigenvalue weighted by molar-refractivity contribution is 0.0962. The van der Waals surface area contributed by atoms with E-state index in [2.05, 4.69) is 10.9 Å². The fourth-order valence-electron chi connectivity index (χ4n) is 3.01. The predicted molar refractivity (Wildman–Crippen MR) is 74.5 cm³/mol. The Morgan fingerprint density at radius 3 is 2.89 bits per heavy atom. The van der Waals surface area contributed by atoms with Crippen molar-refractivity contribution in [2.75, 3.05) is 5.43 Å². The first kappa shape index (κ1) is 11.1. The third kappa shape index (κ3) is 1.46. The van der Waals surface area contributed by atoms with Gasteiger partial charge in [0.2, 0.25) is 0 Å². The van der Waals surface area contributed by atoms with E-state index >= 15 is 0 Å². The molecule has 2 aliphatic rings. The van der Waals surface area contributed by atoms with E-state index in [0.717, 1.165) is 41.5 Å². The van der Waals surface area contributed by atoms with Crippen molar-refractivity contribution in [1.82, 2.24) is 10.4 Å². The number of anilines is 1. The van der Waals surface area contributed by atoms with Crippen molar-refractivity contribution in [3.63, 3.8) is 0 Å². The van der Waals surface area contributed by atoms with Crippen LogP contribution in [-0.2, 0) is 12.8 Å². The zero-order valence-electron chi connectivity index (χ0n) is 10.2. The molecule has 1 amide bonds. The standard InChI is InChI=1S/C14H12ClN3O/c15-9-6-5-8-11-12(17-18-14(8)19)7-3-1-2-4-10(7)16-13(9)11/h5-6,17H,1-4H2,(H,18,19). The van der Waals surface area contributed by atoms with E-state index < -0.39 is 0 Å². The average Bonchev–Trinajstić information content (AvgIpc) is 2.44. The number of pyridine rings is 1. The number of fused-ring (bicyclic) bond motifs is 2. The van der Waals surface area contributed by atoms with Crippen LogP contribution < -0.4 is 10.9 Å². The second kappa shape index (κ2) is 3.84. The van der Waals surface area contributed by atoms with Crippen molar-refractivity contribution in [2.45, 2.75) is 25.7 Å². The number of hydrogen-bond acceptors (Lipinski definition) is 3. The molecule has 1 aromatic heterocycles. The Bertz CT molecular complexity index is 726. The van der Waals surface area contributed by atoms with Crippen molar-refractivity contribution in [3.05, 3.63) is 34.0 Å². The lowest BCUT2D eigenvalue weighted by atomic mass is 9.91. The van der Waals surface area contributed by atoms with Crippen LogP contribution in [0.3, 0.4) is 0 Å². The molecule has 0 unspecified atom stereocenters. The van der Waals surface area contributed by atoms with Crippen LogP contribution in [0.2, 0.25) is 5.02 Å². The molecule has 0 atom stereocenters. The summed E-state index contributed by atoms with van der Waals surface area (Å²) in [6.45, 7) is 0. The molecule has 0 spiro atoms. The summed E-state index contributed by atoms with van der Waals surface area (Å²) in [5.74, 6) is -0.133. The highest BCUT2D eigenvalue weighted by Gasteiger charge is 2.26. The maximum absolute atomic E-state index is 11.9. The van der Waals surface area contributed by atoms with Crippen LogP contribution in [0.15, 0.2) is 12.1 Å². The molecule has 0 bridgehead atoms. The number of carbonyl (C=O) groups excluding carboxylic acids is 1. The number of carbonyl (C=O) groups is 1. The van der Waals surface area contributed by atoms with Crippen LogP contribution >= 0.6 is 11.6 Å². The number of benzene rings is 1. The van der Waals surface area contributed by atoms with Gasteiger partial charge in [0.15, 0.2) is 0 Å². The minimum absolute atomic E-state index is 0.133. The number of halogens is 1. The zero-order valence-corrected chi connectivity index (χ0v) is 11.0. The third-order valence-electron chi connectivity index (χ3n) is 3.91. The summed E-state index contributed by atoms with van der Waals surface area (Å²) >= 11 is 6.25. The topological polar surface area (TPSA) is 54.0 Å². The molecular formula is C14H12ClN3O. The number of aromatic nitrogens is 1. The predicted octanol–water partition coefficient (Wildman–Crippen LogP) is 2.84. The molecule has 19 heavy (non-hydrogen) atoms. The fraction of sp³-hybridized carbons (Fsp3) is 0.286. The minimum atomic E-state index is -0.133. The summed E-state index contributed by atoms with van der Waals surface area (Å²) < 4.78 is 0. The van der Waals surface area contributed by atoms with Crippen LogP contribution in [-0.4, -0.2) is 10.9 Å². The first-order valence-electron chi connectivity index (χ1n) is 6.46. The van der Waals surface area contributed by atoms with E-state index in [9.17, 15) is 4.79 Å². The number of amides is 1. The number of hydrazine groups is 1. The van der Waals surface area contributed by atoms with Crippen LogP contribution in [0, 0.1) is 0 Å². The molecule has 0 fully saturated rings. The minimum Gasteiger partial charge on any atom is -0.297 e. The lowest BCUT2D eigenvalue weighted by Crippen LogP contribution is -2.34. The van der Waals surface area contributed by atoms with Crippen molar-refractivity contribution < 1.29 is 4.79 Å². The molecule has 0 saturated heterocycles. The normalized spacial score (nSPS) is 16.8. The van der Waals surface area contributed by atoms with Gasteiger partial charge >= 0.3 is 0 Å². The Balaban J connectivity index is 2.17. The summed E-state index contributed by atoms with van der Waals surface area (Å²) in [7, 11) is 0. The smallest absolute Gasteiger partial charge is 0.270 e. The average molecular weight is 274 g/mol. The number of nitrogens with zero attached hydrogens (tertiary/aromatic N) is 1. The van der Waals surface area contributed by atoms with Crippen molar-refractivity contribution in [1.29, 1.82) is 0 Å². The van der Waals surface area contributed by atoms with Gasteiger partial charge in [-0.3, -0.25) is 20.6 Å². The Morgan fingerprint density at radius 2 is 2.00 bits per heavy atom. The Hall–Kier alpha value is -1.81. The van der Waals surface area contributed by atoms with Crippen molar-refractivity contribution >= 4 is 34.1 Å². The Kier molecular flexibility index (Phi) is 2.23. The maximum atomic E-state index is 11.9. The lowest BCUT2D eigenvalue weighted by Gasteiger charge is -2.26. The maximum Gasteiger partial charge on any atom is 0.270 e. The second-order valence-electron chi connectivity index (χ2n) is 5.02. The highest BCUT2D eigenvalue weighted by atomic mass is 35.5. The quantitative estimate of drug-likeness (QED) is 0.776. The molecule has 1 aliphatic heterocycles. The van der Waals surface area contributed by atoms with Gasteiger partial charge < -0.3 is 0 Å². The van der Waals surface area contributed by atoms with Gasteiger partial charge in [-0.2, -0.15) is 0 Å². The number of hydrogen-bond donors (Lipinski definition) is 2. The van der Waals surface area contributed by atoms with Gasteiger partial charge in [0, 0.05) is 11.1 Å². The van der Waals surface area contributed by atoms with Gasteiger partial charge in [-0.05, 0) is 43.4 Å². The summed E-state index contributed by atoms with van der Waals surface area (Å²) in [5.41, 5.74) is 10.4. The molecule has 2 N–H and O–H groups in total. The van der Waals surface area contributed by atoms with Gasteiger partial charge in [0.05, 0.1) is 21.8 Å². The van der Waals surface area contributed by atoms with Crippen LogP contribution in [0.25, 0.3) is 10.9 Å². The third-order valence-corrected chi connectivity index (χ3v) is 4.22. The van der Waals surface area contributed by atoms with Gasteiger partial charge in [-0.1, -0.05) is 11.6 Å². The van der Waals surface area contributed by atoms with Crippen LogP contribution in [0.4, 0.5) is 5.69 Å². The van der Waals surface area contributed by atoms with E-state index in [1.807, 2.05) is 0 Å². The van der Waals surface area contributed by atoms with E-state index in [1.165, 1.54) is 12.0 Å².